The highest BCUT2D eigenvalue weighted by atomic mass is 19.2. The molecule has 0 spiro atoms. The summed E-state index contributed by atoms with van der Waals surface area (Å²) in [5.41, 5.74) is 0.541. The second-order valence-corrected chi connectivity index (χ2v) is 6.49. The van der Waals surface area contributed by atoms with Crippen molar-refractivity contribution in [2.75, 3.05) is 18.4 Å². The molecule has 0 bridgehead atoms. The smallest absolute Gasteiger partial charge is 0.272 e. The maximum atomic E-state index is 13.2. The number of nitrogens with one attached hydrogen (secondary N) is 1. The third kappa shape index (κ3) is 4.04. The summed E-state index contributed by atoms with van der Waals surface area (Å²) in [6.45, 7) is 3.50. The first kappa shape index (κ1) is 18.0. The normalized spacial score (nSPS) is 15.0. The van der Waals surface area contributed by atoms with Crippen molar-refractivity contribution in [3.8, 4) is 0 Å². The molecule has 1 aliphatic rings. The van der Waals surface area contributed by atoms with Crippen LogP contribution in [0.5, 0.6) is 0 Å². The summed E-state index contributed by atoms with van der Waals surface area (Å²) in [6, 6.07) is 5.97. The lowest BCUT2D eigenvalue weighted by molar-refractivity contribution is 0.0691. The summed E-state index contributed by atoms with van der Waals surface area (Å²) in [4.78, 5) is 30.7. The molecule has 1 saturated heterocycles. The van der Waals surface area contributed by atoms with Crippen LogP contribution in [0, 0.1) is 17.6 Å². The third-order valence-corrected chi connectivity index (χ3v) is 4.49. The van der Waals surface area contributed by atoms with Crippen molar-refractivity contribution in [3.05, 3.63) is 59.4 Å². The predicted octanol–water partition coefficient (Wildman–Crippen LogP) is 3.48. The third-order valence-electron chi connectivity index (χ3n) is 4.49. The summed E-state index contributed by atoms with van der Waals surface area (Å²) in [6.07, 6.45) is 3.28. The van der Waals surface area contributed by atoms with Gasteiger partial charge in [0.05, 0.1) is 0 Å². The van der Waals surface area contributed by atoms with E-state index in [1.807, 2.05) is 0 Å². The van der Waals surface area contributed by atoms with E-state index in [-0.39, 0.29) is 22.9 Å². The molecule has 3 rings (SSSR count). The van der Waals surface area contributed by atoms with Crippen molar-refractivity contribution in [2.45, 2.75) is 19.8 Å². The lowest BCUT2D eigenvalue weighted by atomic mass is 9.99. The average Bonchev–Trinajstić information content (AvgIpc) is 2.65. The Labute approximate surface area is 150 Å². The minimum absolute atomic E-state index is 0.128. The molecule has 7 heteroatoms. The molecule has 0 unspecified atom stereocenters. The molecule has 1 fully saturated rings. The van der Waals surface area contributed by atoms with Crippen LogP contribution in [-0.2, 0) is 0 Å². The quantitative estimate of drug-likeness (QED) is 0.913. The van der Waals surface area contributed by atoms with Crippen molar-refractivity contribution >= 4 is 17.5 Å². The van der Waals surface area contributed by atoms with Crippen LogP contribution in [0.3, 0.4) is 0 Å². The first-order valence-corrected chi connectivity index (χ1v) is 8.46. The summed E-state index contributed by atoms with van der Waals surface area (Å²) >= 11 is 0. The Morgan fingerprint density at radius 3 is 2.54 bits per heavy atom. The van der Waals surface area contributed by atoms with E-state index < -0.39 is 17.5 Å². The molecule has 0 saturated carbocycles. The van der Waals surface area contributed by atoms with Crippen LogP contribution >= 0.6 is 0 Å². The fraction of sp³-hybridized carbons (Fsp3) is 0.316. The van der Waals surface area contributed by atoms with Crippen LogP contribution < -0.4 is 5.32 Å². The van der Waals surface area contributed by atoms with Crippen molar-refractivity contribution in [1.29, 1.82) is 0 Å². The number of rotatable bonds is 3. The van der Waals surface area contributed by atoms with Crippen molar-refractivity contribution in [1.82, 2.24) is 9.88 Å². The fourth-order valence-electron chi connectivity index (χ4n) is 2.84. The monoisotopic (exact) mass is 359 g/mol. The fourth-order valence-corrected chi connectivity index (χ4v) is 2.84. The molecule has 0 atom stereocenters. The maximum absolute atomic E-state index is 13.2. The number of aromatic nitrogens is 1. The Hall–Kier alpha value is -2.83. The molecule has 26 heavy (non-hydrogen) atoms. The van der Waals surface area contributed by atoms with E-state index in [1.54, 1.807) is 4.90 Å². The number of carbonyl (C=O) groups excluding carboxylic acids is 2. The molecule has 1 aliphatic heterocycles. The molecule has 2 aromatic rings. The van der Waals surface area contributed by atoms with E-state index in [9.17, 15) is 18.4 Å². The van der Waals surface area contributed by atoms with Gasteiger partial charge in [0.2, 0.25) is 0 Å². The molecule has 1 aromatic heterocycles. The van der Waals surface area contributed by atoms with Gasteiger partial charge in [-0.1, -0.05) is 6.92 Å². The zero-order valence-electron chi connectivity index (χ0n) is 14.3. The van der Waals surface area contributed by atoms with E-state index in [1.165, 1.54) is 24.4 Å². The molecule has 1 aromatic carbocycles. The Balaban J connectivity index is 1.72. The summed E-state index contributed by atoms with van der Waals surface area (Å²) in [5.74, 6) is -2.18. The number of nitrogens with zero attached hydrogens (tertiary/aromatic N) is 2. The largest absolute Gasteiger partial charge is 0.337 e. The van der Waals surface area contributed by atoms with Crippen molar-refractivity contribution in [3.63, 3.8) is 0 Å². The van der Waals surface area contributed by atoms with Crippen molar-refractivity contribution in [2.24, 2.45) is 5.92 Å². The first-order valence-electron chi connectivity index (χ1n) is 8.46. The lowest BCUT2D eigenvalue weighted by Crippen LogP contribution is -2.38. The second kappa shape index (κ2) is 7.59. The van der Waals surface area contributed by atoms with Crippen LogP contribution in [0.4, 0.5) is 14.5 Å². The topological polar surface area (TPSA) is 62.3 Å². The van der Waals surface area contributed by atoms with E-state index in [0.717, 1.165) is 25.0 Å². The Kier molecular flexibility index (Phi) is 5.25. The molecular weight excluding hydrogens is 340 g/mol. The number of amides is 2. The van der Waals surface area contributed by atoms with Gasteiger partial charge in [0, 0.05) is 36.6 Å². The van der Waals surface area contributed by atoms with Crippen LogP contribution in [0.15, 0.2) is 36.5 Å². The van der Waals surface area contributed by atoms with Crippen LogP contribution in [0.2, 0.25) is 0 Å². The number of likely N-dealkylation sites (tertiary alicyclic amines) is 1. The van der Waals surface area contributed by atoms with Gasteiger partial charge in [-0.3, -0.25) is 14.6 Å². The van der Waals surface area contributed by atoms with Gasteiger partial charge in [-0.05, 0) is 43.0 Å². The zero-order valence-corrected chi connectivity index (χ0v) is 14.3. The van der Waals surface area contributed by atoms with Crippen molar-refractivity contribution < 1.29 is 18.4 Å². The number of pyridine rings is 1. The van der Waals surface area contributed by atoms with E-state index in [2.05, 4.69) is 17.2 Å². The second-order valence-electron chi connectivity index (χ2n) is 6.49. The summed E-state index contributed by atoms with van der Waals surface area (Å²) < 4.78 is 26.2. The number of benzene rings is 1. The molecule has 2 amide bonds. The van der Waals surface area contributed by atoms with E-state index in [4.69, 9.17) is 0 Å². The SMILES string of the molecule is CC1CCN(C(=O)c2cc(C(=O)Nc3ccc(F)c(F)c3)ccn2)CC1. The number of piperidine rings is 1. The molecular formula is C19H19F2N3O2. The molecule has 136 valence electrons. The van der Waals surface area contributed by atoms with E-state index >= 15 is 0 Å². The maximum Gasteiger partial charge on any atom is 0.272 e. The number of hydrogen-bond donors (Lipinski definition) is 1. The Bertz CT molecular complexity index is 833. The molecule has 0 aliphatic carbocycles. The van der Waals surface area contributed by atoms with Gasteiger partial charge in [0.15, 0.2) is 11.6 Å². The highest BCUT2D eigenvalue weighted by Crippen LogP contribution is 2.18. The number of anilines is 1. The molecule has 5 nitrogen and oxygen atoms in total. The summed E-state index contributed by atoms with van der Waals surface area (Å²) in [5, 5.41) is 2.48. The number of carbonyl (C=O) groups is 2. The van der Waals surface area contributed by atoms with Gasteiger partial charge in [-0.2, -0.15) is 0 Å². The van der Waals surface area contributed by atoms with Crippen LogP contribution in [-0.4, -0.2) is 34.8 Å². The van der Waals surface area contributed by atoms with Crippen LogP contribution in [0.1, 0.15) is 40.6 Å². The molecule has 0 radical (unpaired) electrons. The number of hydrogen-bond acceptors (Lipinski definition) is 3. The zero-order chi connectivity index (χ0) is 18.7. The first-order chi connectivity index (χ1) is 12.4. The van der Waals surface area contributed by atoms with Gasteiger partial charge in [0.25, 0.3) is 11.8 Å². The lowest BCUT2D eigenvalue weighted by Gasteiger charge is -2.30. The molecule has 1 N–H and O–H groups in total. The van der Waals surface area contributed by atoms with Gasteiger partial charge >= 0.3 is 0 Å². The van der Waals surface area contributed by atoms with Gasteiger partial charge in [-0.15, -0.1) is 0 Å². The molecule has 2 heterocycles. The number of halogens is 2. The minimum atomic E-state index is -1.05. The minimum Gasteiger partial charge on any atom is -0.337 e. The predicted molar refractivity (Wildman–Crippen MR) is 92.8 cm³/mol. The van der Waals surface area contributed by atoms with Gasteiger partial charge < -0.3 is 10.2 Å². The highest BCUT2D eigenvalue weighted by Gasteiger charge is 2.23. The Morgan fingerprint density at radius 2 is 1.85 bits per heavy atom. The van der Waals surface area contributed by atoms with Gasteiger partial charge in [-0.25, -0.2) is 8.78 Å². The summed E-state index contributed by atoms with van der Waals surface area (Å²) in [7, 11) is 0. The van der Waals surface area contributed by atoms with E-state index in [0.29, 0.717) is 19.0 Å². The van der Waals surface area contributed by atoms with Gasteiger partial charge in [0.1, 0.15) is 5.69 Å². The van der Waals surface area contributed by atoms with Crippen LogP contribution in [0.25, 0.3) is 0 Å². The standard InChI is InChI=1S/C19H19F2N3O2/c1-12-5-8-24(9-6-12)19(26)17-10-13(4-7-22-17)18(25)23-14-2-3-15(20)16(21)11-14/h2-4,7,10-12H,5-6,8-9H2,1H3,(H,23,25). The average molecular weight is 359 g/mol. The Morgan fingerprint density at radius 1 is 1.12 bits per heavy atom. The highest BCUT2D eigenvalue weighted by molar-refractivity contribution is 6.05.